The monoisotopic (exact) mass is 344 g/mol. The lowest BCUT2D eigenvalue weighted by Crippen LogP contribution is -2.02. The molecule has 0 amide bonds. The molecule has 0 fully saturated rings. The normalized spacial score (nSPS) is 14.1. The summed E-state index contributed by atoms with van der Waals surface area (Å²) in [6.07, 6.45) is 8.05. The van der Waals surface area contributed by atoms with Crippen molar-refractivity contribution in [1.82, 2.24) is 0 Å². The molecule has 0 bridgehead atoms. The fourth-order valence-corrected chi connectivity index (χ4v) is 3.43. The van der Waals surface area contributed by atoms with E-state index in [1.807, 2.05) is 0 Å². The van der Waals surface area contributed by atoms with Crippen molar-refractivity contribution in [2.75, 3.05) is 0 Å². The summed E-state index contributed by atoms with van der Waals surface area (Å²) in [5.41, 5.74) is 18.6. The van der Waals surface area contributed by atoms with Gasteiger partial charge in [-0.25, -0.2) is 4.70 Å². The van der Waals surface area contributed by atoms with Crippen LogP contribution in [0.15, 0.2) is 60.2 Å². The van der Waals surface area contributed by atoms with Crippen molar-refractivity contribution in [2.45, 2.75) is 52.9 Å². The molecule has 0 N–H and O–H groups in total. The SMILES string of the molecule is CCCCCCC1=C(c2ccc(C)cc2)[N+](=[N-])C(c2ccc(C)cc2)=C1. The number of allylic oxidation sites excluding steroid dienone is 2. The summed E-state index contributed by atoms with van der Waals surface area (Å²) in [5, 5.41) is 0. The highest BCUT2D eigenvalue weighted by Gasteiger charge is 2.28. The highest BCUT2D eigenvalue weighted by Crippen LogP contribution is 2.37. The quantitative estimate of drug-likeness (QED) is 0.379. The van der Waals surface area contributed by atoms with E-state index in [9.17, 15) is 5.53 Å². The Labute approximate surface area is 157 Å². The first kappa shape index (κ1) is 18.3. The van der Waals surface area contributed by atoms with Crippen LogP contribution in [-0.2, 0) is 0 Å². The van der Waals surface area contributed by atoms with E-state index in [1.54, 1.807) is 0 Å². The van der Waals surface area contributed by atoms with Crippen molar-refractivity contribution in [3.63, 3.8) is 0 Å². The van der Waals surface area contributed by atoms with Gasteiger partial charge in [-0.05, 0) is 51.0 Å². The first-order valence-corrected chi connectivity index (χ1v) is 9.68. The van der Waals surface area contributed by atoms with E-state index in [2.05, 4.69) is 75.4 Å². The van der Waals surface area contributed by atoms with Crippen LogP contribution in [0.25, 0.3) is 16.9 Å². The third-order valence-electron chi connectivity index (χ3n) is 5.03. The first-order valence-electron chi connectivity index (χ1n) is 9.68. The van der Waals surface area contributed by atoms with Crippen LogP contribution < -0.4 is 0 Å². The highest BCUT2D eigenvalue weighted by atomic mass is 15.2. The summed E-state index contributed by atoms with van der Waals surface area (Å²) in [4.78, 5) is 0. The van der Waals surface area contributed by atoms with Gasteiger partial charge >= 0.3 is 0 Å². The van der Waals surface area contributed by atoms with E-state index in [-0.39, 0.29) is 0 Å². The van der Waals surface area contributed by atoms with Crippen LogP contribution >= 0.6 is 0 Å². The minimum atomic E-state index is 0.867. The molecule has 0 atom stereocenters. The minimum absolute atomic E-state index is 0.867. The molecule has 0 spiro atoms. The van der Waals surface area contributed by atoms with Crippen molar-refractivity contribution in [3.05, 3.63) is 88.0 Å². The van der Waals surface area contributed by atoms with Gasteiger partial charge in [0.2, 0.25) is 11.4 Å². The van der Waals surface area contributed by atoms with E-state index in [0.717, 1.165) is 35.4 Å². The van der Waals surface area contributed by atoms with Crippen LogP contribution in [0.1, 0.15) is 61.3 Å². The highest BCUT2D eigenvalue weighted by molar-refractivity contribution is 5.78. The van der Waals surface area contributed by atoms with E-state index in [1.165, 1.54) is 40.7 Å². The smallest absolute Gasteiger partial charge is 0.210 e. The summed E-state index contributed by atoms with van der Waals surface area (Å²) < 4.78 is 1.38. The molecule has 0 unspecified atom stereocenters. The van der Waals surface area contributed by atoms with Gasteiger partial charge in [-0.1, -0.05) is 61.6 Å². The Hall–Kier alpha value is -2.48. The van der Waals surface area contributed by atoms with Crippen LogP contribution in [0.4, 0.5) is 0 Å². The predicted molar refractivity (Wildman–Crippen MR) is 110 cm³/mol. The zero-order chi connectivity index (χ0) is 18.5. The summed E-state index contributed by atoms with van der Waals surface area (Å²) in [7, 11) is 0. The zero-order valence-corrected chi connectivity index (χ0v) is 16.1. The maximum absolute atomic E-state index is 11.0. The van der Waals surface area contributed by atoms with E-state index >= 15 is 0 Å². The van der Waals surface area contributed by atoms with Gasteiger partial charge in [-0.15, -0.1) is 0 Å². The topological polar surface area (TPSA) is 25.3 Å². The summed E-state index contributed by atoms with van der Waals surface area (Å²) in [5.74, 6) is 0. The lowest BCUT2D eigenvalue weighted by atomic mass is 10.0. The van der Waals surface area contributed by atoms with Crippen molar-refractivity contribution in [3.8, 4) is 0 Å². The van der Waals surface area contributed by atoms with Gasteiger partial charge in [0.15, 0.2) is 0 Å². The molecule has 0 aromatic heterocycles. The number of nitrogens with zero attached hydrogens (tertiary/aromatic N) is 2. The molecule has 134 valence electrons. The number of hydrogen-bond donors (Lipinski definition) is 0. The summed E-state index contributed by atoms with van der Waals surface area (Å²) >= 11 is 0. The molecule has 1 aliphatic rings. The molecule has 0 saturated heterocycles. The van der Waals surface area contributed by atoms with Gasteiger partial charge in [-0.2, -0.15) is 0 Å². The number of aryl methyl sites for hydroxylation is 2. The molecule has 0 aliphatic carbocycles. The Morgan fingerprint density at radius 2 is 1.35 bits per heavy atom. The lowest BCUT2D eigenvalue weighted by Gasteiger charge is -2.10. The maximum atomic E-state index is 11.0. The fourth-order valence-electron chi connectivity index (χ4n) is 3.43. The Balaban J connectivity index is 1.93. The van der Waals surface area contributed by atoms with Crippen LogP contribution in [-0.4, -0.2) is 4.70 Å². The van der Waals surface area contributed by atoms with Gasteiger partial charge < -0.3 is 5.53 Å². The summed E-state index contributed by atoms with van der Waals surface area (Å²) in [6.45, 7) is 6.40. The Morgan fingerprint density at radius 3 is 1.92 bits per heavy atom. The van der Waals surface area contributed by atoms with Crippen molar-refractivity contribution < 1.29 is 4.70 Å². The van der Waals surface area contributed by atoms with Gasteiger partial charge in [-0.3, -0.25) is 0 Å². The van der Waals surface area contributed by atoms with Gasteiger partial charge in [0.05, 0.1) is 0 Å². The van der Waals surface area contributed by atoms with Gasteiger partial charge in [0.1, 0.15) is 0 Å². The second-order valence-corrected chi connectivity index (χ2v) is 7.26. The molecule has 0 saturated carbocycles. The molecule has 2 heteroatoms. The molecule has 2 aromatic rings. The van der Waals surface area contributed by atoms with Crippen LogP contribution in [0.2, 0.25) is 0 Å². The number of unbranched alkanes of at least 4 members (excludes halogenated alkanes) is 3. The number of rotatable bonds is 7. The van der Waals surface area contributed by atoms with E-state index < -0.39 is 0 Å². The summed E-state index contributed by atoms with van der Waals surface area (Å²) in [6, 6.07) is 16.8. The second-order valence-electron chi connectivity index (χ2n) is 7.26. The first-order chi connectivity index (χ1) is 12.6. The molecule has 1 heterocycles. The fraction of sp³-hybridized carbons (Fsp3) is 0.333. The van der Waals surface area contributed by atoms with Crippen LogP contribution in [0, 0.1) is 13.8 Å². The molecule has 0 radical (unpaired) electrons. The van der Waals surface area contributed by atoms with Crippen molar-refractivity contribution >= 4 is 11.4 Å². The van der Waals surface area contributed by atoms with Gasteiger partial charge in [0, 0.05) is 22.8 Å². The van der Waals surface area contributed by atoms with Crippen molar-refractivity contribution in [1.29, 1.82) is 0 Å². The van der Waals surface area contributed by atoms with E-state index in [4.69, 9.17) is 0 Å². The molecule has 2 nitrogen and oxygen atoms in total. The standard InChI is InChI=1S/C24H28N2/c1-4-5-6-7-8-22-17-23(20-13-9-18(2)10-14-20)26(25)24(22)21-15-11-19(3)12-16-21/h9-17H,4-8H2,1-3H3. The Bertz CT molecular complexity index is 837. The zero-order valence-electron chi connectivity index (χ0n) is 16.1. The number of benzene rings is 2. The van der Waals surface area contributed by atoms with Crippen LogP contribution in [0.5, 0.6) is 0 Å². The molecular weight excluding hydrogens is 316 g/mol. The molecule has 26 heavy (non-hydrogen) atoms. The van der Waals surface area contributed by atoms with Gasteiger partial charge in [0.25, 0.3) is 0 Å². The molecular formula is C24H28N2. The maximum Gasteiger partial charge on any atom is 0.210 e. The average molecular weight is 345 g/mol. The third-order valence-corrected chi connectivity index (χ3v) is 5.03. The minimum Gasteiger partial charge on any atom is -0.493 e. The molecule has 3 rings (SSSR count). The lowest BCUT2D eigenvalue weighted by molar-refractivity contribution is -0.344. The Kier molecular flexibility index (Phi) is 5.82. The van der Waals surface area contributed by atoms with E-state index in [0.29, 0.717) is 0 Å². The van der Waals surface area contributed by atoms with Crippen molar-refractivity contribution in [2.24, 2.45) is 0 Å². The predicted octanol–water partition coefficient (Wildman–Crippen LogP) is 7.07. The van der Waals surface area contributed by atoms with Crippen LogP contribution in [0.3, 0.4) is 0 Å². The Morgan fingerprint density at radius 1 is 0.769 bits per heavy atom. The second kappa shape index (κ2) is 8.27. The average Bonchev–Trinajstić information content (AvgIpc) is 2.97. The largest absolute Gasteiger partial charge is 0.493 e. The third kappa shape index (κ3) is 4.01. The number of hydrogen-bond acceptors (Lipinski definition) is 0. The molecule has 2 aromatic carbocycles. The molecule has 1 aliphatic heterocycles.